The van der Waals surface area contributed by atoms with Gasteiger partial charge >= 0.3 is 5.97 Å². The van der Waals surface area contributed by atoms with Crippen molar-refractivity contribution in [1.82, 2.24) is 14.3 Å². The maximum Gasteiger partial charge on any atom is 0.352 e. The van der Waals surface area contributed by atoms with Crippen molar-refractivity contribution in [1.29, 1.82) is 0 Å². The average Bonchev–Trinajstić information content (AvgIpc) is 3.48. The molecule has 9 heteroatoms. The molecule has 1 aliphatic rings. The Bertz CT molecular complexity index is 1820. The number of para-hydroxylation sites is 1. The van der Waals surface area contributed by atoms with E-state index >= 15 is 0 Å². The molecule has 6 rings (SSSR count). The molecule has 0 fully saturated rings. The van der Waals surface area contributed by atoms with E-state index in [4.69, 9.17) is 14.6 Å². The minimum atomic E-state index is -0.942. The monoisotopic (exact) mass is 582 g/mol. The molecular formula is C34H35FN4O4. The Kier molecular flexibility index (Phi) is 8.24. The zero-order valence-corrected chi connectivity index (χ0v) is 24.3. The Labute approximate surface area is 249 Å². The Morgan fingerprint density at radius 1 is 1.14 bits per heavy atom. The fourth-order valence-corrected chi connectivity index (χ4v) is 6.33. The molecule has 3 heterocycles. The molecule has 0 saturated heterocycles. The third kappa shape index (κ3) is 5.52. The van der Waals surface area contributed by atoms with E-state index in [1.807, 2.05) is 46.6 Å². The van der Waals surface area contributed by atoms with Gasteiger partial charge in [-0.3, -0.25) is 4.68 Å². The summed E-state index contributed by atoms with van der Waals surface area (Å²) in [6.45, 7) is 6.14. The van der Waals surface area contributed by atoms with Gasteiger partial charge in [0.15, 0.2) is 0 Å². The number of carbonyl (C=O) groups is 1. The topological polar surface area (TPSA) is 90.9 Å². The number of fused-ring (bicyclic) bond motifs is 3. The highest BCUT2D eigenvalue weighted by molar-refractivity contribution is 6.04. The van der Waals surface area contributed by atoms with Gasteiger partial charge in [0, 0.05) is 60.8 Å². The van der Waals surface area contributed by atoms with Gasteiger partial charge in [-0.25, -0.2) is 9.18 Å². The third-order valence-corrected chi connectivity index (χ3v) is 8.19. The van der Waals surface area contributed by atoms with E-state index < -0.39 is 5.97 Å². The number of hydrogen-bond acceptors (Lipinski definition) is 5. The fourth-order valence-electron chi connectivity index (χ4n) is 6.33. The van der Waals surface area contributed by atoms with E-state index in [0.717, 1.165) is 62.6 Å². The van der Waals surface area contributed by atoms with Gasteiger partial charge in [-0.05, 0) is 67.6 Å². The van der Waals surface area contributed by atoms with Crippen molar-refractivity contribution in [3.63, 3.8) is 0 Å². The number of benzene rings is 3. The highest BCUT2D eigenvalue weighted by Crippen LogP contribution is 2.39. The molecule has 3 aromatic carbocycles. The van der Waals surface area contributed by atoms with Crippen LogP contribution in [0.5, 0.6) is 5.75 Å². The first kappa shape index (κ1) is 28.6. The van der Waals surface area contributed by atoms with Crippen molar-refractivity contribution in [2.75, 3.05) is 19.8 Å². The number of carboxylic acid groups (broad SMARTS) is 1. The molecule has 5 aromatic rings. The van der Waals surface area contributed by atoms with E-state index in [0.29, 0.717) is 63.6 Å². The van der Waals surface area contributed by atoms with Crippen LogP contribution in [0.2, 0.25) is 0 Å². The van der Waals surface area contributed by atoms with E-state index in [-0.39, 0.29) is 5.82 Å². The second kappa shape index (κ2) is 12.4. The minimum absolute atomic E-state index is 0.289. The van der Waals surface area contributed by atoms with Crippen molar-refractivity contribution in [2.24, 2.45) is 12.0 Å². The van der Waals surface area contributed by atoms with Crippen LogP contribution in [-0.2, 0) is 37.8 Å². The molecular weight excluding hydrogens is 547 g/mol. The summed E-state index contributed by atoms with van der Waals surface area (Å²) in [5.41, 5.74) is 5.84. The smallest absolute Gasteiger partial charge is 0.352 e. The normalized spacial score (nSPS) is 13.5. The Morgan fingerprint density at radius 2 is 2.00 bits per heavy atom. The summed E-state index contributed by atoms with van der Waals surface area (Å²) in [5.74, 6) is -0.547. The van der Waals surface area contributed by atoms with Crippen LogP contribution in [0.3, 0.4) is 0 Å². The molecule has 0 saturated carbocycles. The van der Waals surface area contributed by atoms with Gasteiger partial charge in [-0.15, -0.1) is 0 Å². The van der Waals surface area contributed by atoms with Gasteiger partial charge in [0.2, 0.25) is 0 Å². The van der Waals surface area contributed by atoms with Gasteiger partial charge in [-0.1, -0.05) is 30.3 Å². The molecule has 0 unspecified atom stereocenters. The summed E-state index contributed by atoms with van der Waals surface area (Å²) in [5, 5.41) is 17.9. The minimum Gasteiger partial charge on any atom is -0.493 e. The van der Waals surface area contributed by atoms with Crippen LogP contribution < -0.4 is 4.74 Å². The summed E-state index contributed by atoms with van der Waals surface area (Å²) < 4.78 is 29.7. The Hall–Kier alpha value is -4.50. The maximum atomic E-state index is 13.7. The van der Waals surface area contributed by atoms with E-state index in [1.165, 1.54) is 12.1 Å². The number of carboxylic acids is 1. The molecule has 0 spiro atoms. The van der Waals surface area contributed by atoms with E-state index in [1.54, 1.807) is 6.07 Å². The highest BCUT2D eigenvalue weighted by atomic mass is 19.1. The molecule has 2 aromatic heterocycles. The first-order chi connectivity index (χ1) is 21.0. The lowest BCUT2D eigenvalue weighted by Gasteiger charge is -2.13. The number of rotatable bonds is 9. The summed E-state index contributed by atoms with van der Waals surface area (Å²) in [4.78, 5) is 16.9. The molecule has 1 N–H and O–H groups in total. The Balaban J connectivity index is 1.40. The maximum absolute atomic E-state index is 13.7. The van der Waals surface area contributed by atoms with Crippen molar-refractivity contribution < 1.29 is 23.8 Å². The summed E-state index contributed by atoms with van der Waals surface area (Å²) in [7, 11) is 1.93. The molecule has 0 amide bonds. The first-order valence-electron chi connectivity index (χ1n) is 14.7. The molecule has 0 bridgehead atoms. The van der Waals surface area contributed by atoms with Crippen LogP contribution in [0, 0.1) is 5.82 Å². The molecule has 222 valence electrons. The van der Waals surface area contributed by atoms with E-state index in [9.17, 15) is 14.3 Å². The van der Waals surface area contributed by atoms with Gasteiger partial charge in [0.05, 0.1) is 24.4 Å². The SMILES string of the molecule is C=NCCc1c2c(nn1C)COCCCCn1c(C(=O)O)c(CCCOc3cccc4cc(F)ccc34)c3cccc-2c31. The van der Waals surface area contributed by atoms with Gasteiger partial charge < -0.3 is 24.1 Å². The average molecular weight is 583 g/mol. The number of aliphatic imine (C=N–C) groups is 1. The Morgan fingerprint density at radius 3 is 2.84 bits per heavy atom. The predicted molar refractivity (Wildman–Crippen MR) is 166 cm³/mol. The second-order valence-electron chi connectivity index (χ2n) is 10.9. The van der Waals surface area contributed by atoms with Gasteiger partial charge in [-0.2, -0.15) is 5.10 Å². The van der Waals surface area contributed by atoms with Crippen molar-refractivity contribution >= 4 is 34.4 Å². The molecule has 8 nitrogen and oxygen atoms in total. The van der Waals surface area contributed by atoms with Crippen LogP contribution in [0.1, 0.15) is 46.7 Å². The van der Waals surface area contributed by atoms with Crippen molar-refractivity contribution in [3.05, 3.63) is 83.1 Å². The van der Waals surface area contributed by atoms with Crippen LogP contribution in [0.25, 0.3) is 32.8 Å². The number of nitrogens with zero attached hydrogens (tertiary/aromatic N) is 4. The molecule has 43 heavy (non-hydrogen) atoms. The predicted octanol–water partition coefficient (Wildman–Crippen LogP) is 6.60. The number of aromatic carboxylic acids is 1. The first-order valence-corrected chi connectivity index (χ1v) is 14.7. The fraction of sp³-hybridized carbons (Fsp3) is 0.324. The van der Waals surface area contributed by atoms with Crippen LogP contribution in [-0.4, -0.2) is 51.9 Å². The molecule has 0 atom stereocenters. The lowest BCUT2D eigenvalue weighted by molar-refractivity contribution is 0.0683. The molecule has 0 radical (unpaired) electrons. The number of ether oxygens (including phenoxy) is 2. The van der Waals surface area contributed by atoms with Gasteiger partial charge in [0.25, 0.3) is 0 Å². The van der Waals surface area contributed by atoms with Crippen LogP contribution in [0.4, 0.5) is 4.39 Å². The summed E-state index contributed by atoms with van der Waals surface area (Å²) in [6, 6.07) is 16.3. The number of aromatic nitrogens is 3. The zero-order valence-electron chi connectivity index (χ0n) is 24.3. The summed E-state index contributed by atoms with van der Waals surface area (Å²) in [6.07, 6.45) is 3.42. The quantitative estimate of drug-likeness (QED) is 0.156. The zero-order chi connectivity index (χ0) is 29.9. The number of hydrogen-bond donors (Lipinski definition) is 1. The summed E-state index contributed by atoms with van der Waals surface area (Å²) >= 11 is 0. The largest absolute Gasteiger partial charge is 0.493 e. The highest BCUT2D eigenvalue weighted by Gasteiger charge is 2.27. The third-order valence-electron chi connectivity index (χ3n) is 8.19. The lowest BCUT2D eigenvalue weighted by Crippen LogP contribution is -2.12. The molecule has 1 aliphatic heterocycles. The van der Waals surface area contributed by atoms with Crippen molar-refractivity contribution in [2.45, 2.75) is 45.3 Å². The number of aryl methyl sites for hydroxylation is 3. The lowest BCUT2D eigenvalue weighted by atomic mass is 9.97. The standard InChI is InChI=1S/C34H35FN4O4/c1-36-16-15-29-31-27-10-6-9-25-26(11-7-19-43-30-12-5-8-22-20-23(35)13-14-24(22)30)33(34(40)41)39(32(25)27)17-3-4-18-42-21-28(31)37-38(29)2/h5-6,8-10,12-14,20H,1,3-4,7,11,15-19,21H2,2H3,(H,40,41). The van der Waals surface area contributed by atoms with Gasteiger partial charge in [0.1, 0.15) is 17.3 Å². The van der Waals surface area contributed by atoms with E-state index in [2.05, 4.69) is 17.8 Å². The van der Waals surface area contributed by atoms with Crippen molar-refractivity contribution in [3.8, 4) is 16.9 Å². The second-order valence-corrected chi connectivity index (χ2v) is 10.9. The van der Waals surface area contributed by atoms with Crippen LogP contribution in [0.15, 0.2) is 59.6 Å². The van der Waals surface area contributed by atoms with Crippen LogP contribution >= 0.6 is 0 Å². The molecule has 0 aliphatic carbocycles. The number of halogens is 1.